The van der Waals surface area contributed by atoms with Gasteiger partial charge in [0.15, 0.2) is 6.10 Å². The number of hydrogen-bond donors (Lipinski definition) is 2. The summed E-state index contributed by atoms with van der Waals surface area (Å²) >= 11 is 0. The van der Waals surface area contributed by atoms with Crippen molar-refractivity contribution in [1.29, 1.82) is 0 Å². The summed E-state index contributed by atoms with van der Waals surface area (Å²) < 4.78 is 33.1. The number of unbranched alkanes of at least 4 members (excludes halogenated alkanes) is 50. The SMILES string of the molecule is CCCCCCCCCCCCCCCCCCCCCCCCCCCCCCCCC(=O)OC(COC(=O)CCCCCCCCCCCCCCCCCCCCCCCC)COP(=O)(O)OCCN. The maximum Gasteiger partial charge on any atom is 0.472 e. The Kier molecular flexibility index (Phi) is 59.4. The molecule has 0 saturated carbocycles. The van der Waals surface area contributed by atoms with Crippen LogP contribution in [-0.4, -0.2) is 49.3 Å². The number of phosphoric ester groups is 1. The number of ether oxygens (including phenoxy) is 2. The first-order chi connectivity index (χ1) is 35.8. The molecule has 0 aliphatic carbocycles. The van der Waals surface area contributed by atoms with Crippen molar-refractivity contribution in [2.75, 3.05) is 26.4 Å². The molecule has 10 heteroatoms. The molecule has 0 radical (unpaired) electrons. The van der Waals surface area contributed by atoms with Gasteiger partial charge in [-0.05, 0) is 12.8 Å². The van der Waals surface area contributed by atoms with E-state index in [2.05, 4.69) is 13.8 Å². The Labute approximate surface area is 454 Å². The van der Waals surface area contributed by atoms with Gasteiger partial charge in [-0.25, -0.2) is 4.57 Å². The first kappa shape index (κ1) is 72.0. The van der Waals surface area contributed by atoms with Crippen molar-refractivity contribution in [2.45, 2.75) is 367 Å². The highest BCUT2D eigenvalue weighted by molar-refractivity contribution is 7.47. The average molecular weight is 1060 g/mol. The normalized spacial score (nSPS) is 12.9. The second kappa shape index (κ2) is 60.2. The monoisotopic (exact) mass is 1060 g/mol. The van der Waals surface area contributed by atoms with Gasteiger partial charge < -0.3 is 20.1 Å². The van der Waals surface area contributed by atoms with Crippen molar-refractivity contribution in [3.8, 4) is 0 Å². The minimum absolute atomic E-state index is 0.0587. The third-order valence-electron chi connectivity index (χ3n) is 15.0. The fourth-order valence-electron chi connectivity index (χ4n) is 10.2. The molecule has 0 heterocycles. The van der Waals surface area contributed by atoms with Gasteiger partial charge in [0, 0.05) is 19.4 Å². The Morgan fingerprint density at radius 2 is 0.589 bits per heavy atom. The molecule has 3 N–H and O–H groups in total. The number of carbonyl (C=O) groups is 2. The van der Waals surface area contributed by atoms with E-state index in [1.807, 2.05) is 0 Å². The summed E-state index contributed by atoms with van der Waals surface area (Å²) in [6.45, 7) is 3.84. The Morgan fingerprint density at radius 3 is 0.836 bits per heavy atom. The van der Waals surface area contributed by atoms with Crippen LogP contribution in [0.2, 0.25) is 0 Å². The van der Waals surface area contributed by atoms with E-state index >= 15 is 0 Å². The van der Waals surface area contributed by atoms with E-state index in [4.69, 9.17) is 24.3 Å². The molecule has 2 atom stereocenters. The lowest BCUT2D eigenvalue weighted by molar-refractivity contribution is -0.161. The van der Waals surface area contributed by atoms with Crippen LogP contribution in [0.5, 0.6) is 0 Å². The fourth-order valence-corrected chi connectivity index (χ4v) is 10.9. The van der Waals surface area contributed by atoms with Gasteiger partial charge >= 0.3 is 19.8 Å². The van der Waals surface area contributed by atoms with E-state index in [-0.39, 0.29) is 32.1 Å². The second-order valence-corrected chi connectivity index (χ2v) is 23.8. The maximum atomic E-state index is 12.7. The zero-order chi connectivity index (χ0) is 53.1. The van der Waals surface area contributed by atoms with Gasteiger partial charge in [-0.1, -0.05) is 335 Å². The molecule has 0 bridgehead atoms. The first-order valence-electron chi connectivity index (χ1n) is 32.5. The summed E-state index contributed by atoms with van der Waals surface area (Å²) in [7, 11) is -4.38. The largest absolute Gasteiger partial charge is 0.472 e. The molecule has 0 spiro atoms. The van der Waals surface area contributed by atoms with E-state index in [0.29, 0.717) is 12.8 Å². The van der Waals surface area contributed by atoms with Gasteiger partial charge in [0.25, 0.3) is 0 Å². The zero-order valence-electron chi connectivity index (χ0n) is 48.9. The van der Waals surface area contributed by atoms with E-state index in [0.717, 1.165) is 32.1 Å². The molecule has 0 rings (SSSR count). The highest BCUT2D eigenvalue weighted by Crippen LogP contribution is 2.43. The van der Waals surface area contributed by atoms with E-state index in [9.17, 15) is 19.0 Å². The molecule has 9 nitrogen and oxygen atoms in total. The fraction of sp³-hybridized carbons (Fsp3) is 0.968. The molecule has 0 amide bonds. The van der Waals surface area contributed by atoms with Gasteiger partial charge in [0.05, 0.1) is 13.2 Å². The number of phosphoric acid groups is 1. The smallest absolute Gasteiger partial charge is 0.462 e. The third kappa shape index (κ3) is 60.1. The van der Waals surface area contributed by atoms with Crippen molar-refractivity contribution < 1.29 is 37.6 Å². The number of esters is 2. The predicted molar refractivity (Wildman–Crippen MR) is 312 cm³/mol. The molecule has 0 saturated heterocycles. The zero-order valence-corrected chi connectivity index (χ0v) is 49.8. The first-order valence-corrected chi connectivity index (χ1v) is 34.0. The van der Waals surface area contributed by atoms with Crippen molar-refractivity contribution in [1.82, 2.24) is 0 Å². The van der Waals surface area contributed by atoms with Gasteiger partial charge in [-0.3, -0.25) is 18.6 Å². The number of carbonyl (C=O) groups excluding carboxylic acids is 2. The summed E-state index contributed by atoms with van der Waals surface area (Å²) in [5.41, 5.74) is 5.39. The lowest BCUT2D eigenvalue weighted by Crippen LogP contribution is -2.29. The van der Waals surface area contributed by atoms with E-state index in [1.54, 1.807) is 0 Å². The number of rotatable bonds is 63. The Hall–Kier alpha value is -0.990. The molecular weight excluding hydrogens is 930 g/mol. The molecule has 73 heavy (non-hydrogen) atoms. The van der Waals surface area contributed by atoms with Crippen LogP contribution < -0.4 is 5.73 Å². The molecule has 0 aromatic rings. The number of hydrogen-bond acceptors (Lipinski definition) is 8. The average Bonchev–Trinajstić information content (AvgIpc) is 3.38. The van der Waals surface area contributed by atoms with Gasteiger partial charge in [-0.15, -0.1) is 0 Å². The molecule has 0 fully saturated rings. The van der Waals surface area contributed by atoms with Gasteiger partial charge in [0.1, 0.15) is 6.61 Å². The topological polar surface area (TPSA) is 134 Å². The van der Waals surface area contributed by atoms with Gasteiger partial charge in [0.2, 0.25) is 0 Å². The van der Waals surface area contributed by atoms with Crippen LogP contribution in [0.1, 0.15) is 361 Å². The summed E-state index contributed by atoms with van der Waals surface area (Å²) in [6.07, 6.45) is 69.0. The minimum atomic E-state index is -4.38. The Morgan fingerprint density at radius 1 is 0.356 bits per heavy atom. The Balaban J connectivity index is 3.83. The molecule has 0 aromatic carbocycles. The maximum absolute atomic E-state index is 12.7. The molecule has 0 aliphatic heterocycles. The third-order valence-corrected chi connectivity index (χ3v) is 16.0. The second-order valence-electron chi connectivity index (χ2n) is 22.4. The van der Waals surface area contributed by atoms with Crippen LogP contribution in [0, 0.1) is 0 Å². The van der Waals surface area contributed by atoms with Crippen LogP contribution in [0.15, 0.2) is 0 Å². The molecular formula is C63H126NO8P. The van der Waals surface area contributed by atoms with Crippen LogP contribution in [0.4, 0.5) is 0 Å². The minimum Gasteiger partial charge on any atom is -0.462 e. The van der Waals surface area contributed by atoms with Crippen molar-refractivity contribution >= 4 is 19.8 Å². The van der Waals surface area contributed by atoms with Gasteiger partial charge in [-0.2, -0.15) is 0 Å². The summed E-state index contributed by atoms with van der Waals surface area (Å²) in [5.74, 6) is -0.799. The summed E-state index contributed by atoms with van der Waals surface area (Å²) in [4.78, 5) is 35.3. The predicted octanol–water partition coefficient (Wildman–Crippen LogP) is 20.6. The molecule has 0 aromatic heterocycles. The van der Waals surface area contributed by atoms with Crippen LogP contribution in [0.25, 0.3) is 0 Å². The van der Waals surface area contributed by atoms with Crippen LogP contribution in [-0.2, 0) is 32.7 Å². The van der Waals surface area contributed by atoms with Crippen molar-refractivity contribution in [3.05, 3.63) is 0 Å². The Bertz CT molecular complexity index is 1160. The highest BCUT2D eigenvalue weighted by Gasteiger charge is 2.26. The van der Waals surface area contributed by atoms with E-state index < -0.39 is 26.5 Å². The molecule has 0 aliphatic rings. The lowest BCUT2D eigenvalue weighted by atomic mass is 10.0. The lowest BCUT2D eigenvalue weighted by Gasteiger charge is -2.19. The highest BCUT2D eigenvalue weighted by atomic mass is 31.2. The summed E-state index contributed by atoms with van der Waals surface area (Å²) in [5, 5.41) is 0. The number of nitrogens with two attached hydrogens (primary N) is 1. The summed E-state index contributed by atoms with van der Waals surface area (Å²) in [6, 6.07) is 0. The van der Waals surface area contributed by atoms with Crippen molar-refractivity contribution in [2.24, 2.45) is 5.73 Å². The molecule has 2 unspecified atom stereocenters. The quantitative estimate of drug-likeness (QED) is 0.0347. The van der Waals surface area contributed by atoms with Crippen molar-refractivity contribution in [3.63, 3.8) is 0 Å². The molecule has 436 valence electrons. The van der Waals surface area contributed by atoms with E-state index in [1.165, 1.54) is 295 Å². The van der Waals surface area contributed by atoms with Crippen LogP contribution in [0.3, 0.4) is 0 Å². The van der Waals surface area contributed by atoms with Crippen LogP contribution >= 0.6 is 7.82 Å². The standard InChI is InChI=1S/C63H126NO8P/c1-3-5-7-9-11-13-15-17-19-21-23-25-27-28-29-30-31-32-33-34-36-38-40-42-44-46-48-50-52-54-56-63(66)72-61(60-71-73(67,68)70-58-57-64)59-69-62(65)55-53-51-49-47-45-43-41-39-37-35-26-24-22-20-18-16-14-12-10-8-6-4-2/h61H,3-60,64H2,1-2H3,(H,67,68).